The lowest BCUT2D eigenvalue weighted by molar-refractivity contribution is -0.141. The molecule has 0 saturated heterocycles. The highest BCUT2D eigenvalue weighted by Crippen LogP contribution is 2.12. The molecule has 0 saturated carbocycles. The third kappa shape index (κ3) is 3.75. The summed E-state index contributed by atoms with van der Waals surface area (Å²) in [5.74, 6) is -0.382. The van der Waals surface area contributed by atoms with Gasteiger partial charge in [-0.2, -0.15) is 0 Å². The van der Waals surface area contributed by atoms with E-state index in [9.17, 15) is 4.79 Å². The van der Waals surface area contributed by atoms with Gasteiger partial charge in [0.1, 0.15) is 6.04 Å². The summed E-state index contributed by atoms with van der Waals surface area (Å²) in [4.78, 5) is 11.0. The molecular weight excluding hydrogens is 178 g/mol. The molecule has 3 nitrogen and oxygen atoms in total. The van der Waals surface area contributed by atoms with Crippen molar-refractivity contribution in [3.05, 3.63) is 23.8 Å². The molecule has 0 amide bonds. The summed E-state index contributed by atoms with van der Waals surface area (Å²) in [6, 6.07) is -0.619. The number of allylic oxidation sites excluding steroid dienone is 2. The second-order valence-corrected chi connectivity index (χ2v) is 2.68. The van der Waals surface area contributed by atoms with Crippen molar-refractivity contribution in [2.75, 3.05) is 7.11 Å². The first kappa shape index (κ1) is 12.9. The van der Waals surface area contributed by atoms with E-state index in [0.29, 0.717) is 0 Å². The van der Waals surface area contributed by atoms with Crippen LogP contribution in [0, 0.1) is 0 Å². The average molecular weight is 197 g/mol. The van der Waals surface area contributed by atoms with E-state index in [1.54, 1.807) is 0 Å². The largest absolute Gasteiger partial charge is 0.468 e. The Morgan fingerprint density at radius 1 is 1.50 bits per heavy atom. The van der Waals surface area contributed by atoms with E-state index >= 15 is 0 Å². The number of rotatable bonds is 2. The van der Waals surface area contributed by atoms with E-state index in [2.05, 4.69) is 4.74 Å². The van der Waals surface area contributed by atoms with Gasteiger partial charge >= 0.3 is 5.97 Å². The Labute approximate surface area is 85.6 Å². The van der Waals surface area contributed by atoms with Crippen LogP contribution in [0.2, 0.25) is 0 Å². The third-order valence-corrected chi connectivity index (χ3v) is 1.84. The topological polar surface area (TPSA) is 52.3 Å². The van der Waals surface area contributed by atoms with Crippen molar-refractivity contribution in [2.45, 2.75) is 32.7 Å². The molecule has 3 heteroatoms. The second-order valence-electron chi connectivity index (χ2n) is 2.68. The summed E-state index contributed by atoms with van der Waals surface area (Å²) >= 11 is 0. The summed E-state index contributed by atoms with van der Waals surface area (Å²) in [5.41, 5.74) is 6.46. The fourth-order valence-corrected chi connectivity index (χ4v) is 1.13. The maximum atomic E-state index is 11.0. The van der Waals surface area contributed by atoms with E-state index < -0.39 is 6.04 Å². The molecule has 0 heterocycles. The number of ether oxygens (including phenoxy) is 1. The SMILES string of the molecule is CC.COC(=O)C(N)C1=CCCC=C1. The van der Waals surface area contributed by atoms with Crippen molar-refractivity contribution >= 4 is 5.97 Å². The first-order chi connectivity index (χ1) is 6.75. The predicted octanol–water partition coefficient (Wildman–Crippen LogP) is 1.79. The van der Waals surface area contributed by atoms with Gasteiger partial charge in [0.2, 0.25) is 0 Å². The molecular formula is C11H19NO2. The van der Waals surface area contributed by atoms with Crippen LogP contribution in [-0.2, 0) is 9.53 Å². The van der Waals surface area contributed by atoms with E-state index in [0.717, 1.165) is 18.4 Å². The van der Waals surface area contributed by atoms with Gasteiger partial charge in [-0.1, -0.05) is 32.1 Å². The van der Waals surface area contributed by atoms with E-state index in [-0.39, 0.29) is 5.97 Å². The van der Waals surface area contributed by atoms with Crippen molar-refractivity contribution in [1.82, 2.24) is 0 Å². The number of carbonyl (C=O) groups excluding carboxylic acids is 1. The summed E-state index contributed by atoms with van der Waals surface area (Å²) in [6.45, 7) is 4.00. The highest BCUT2D eigenvalue weighted by atomic mass is 16.5. The number of hydrogen-bond acceptors (Lipinski definition) is 3. The molecule has 0 aromatic carbocycles. The number of carbonyl (C=O) groups is 1. The lowest BCUT2D eigenvalue weighted by atomic mass is 10.0. The van der Waals surface area contributed by atoms with Crippen molar-refractivity contribution in [1.29, 1.82) is 0 Å². The van der Waals surface area contributed by atoms with Gasteiger partial charge in [0, 0.05) is 0 Å². The summed E-state index contributed by atoms with van der Waals surface area (Å²) in [5, 5.41) is 0. The van der Waals surface area contributed by atoms with Crippen LogP contribution < -0.4 is 5.73 Å². The van der Waals surface area contributed by atoms with Crippen LogP contribution in [-0.4, -0.2) is 19.1 Å². The normalized spacial score (nSPS) is 16.1. The van der Waals surface area contributed by atoms with E-state index in [1.807, 2.05) is 32.1 Å². The molecule has 14 heavy (non-hydrogen) atoms. The third-order valence-electron chi connectivity index (χ3n) is 1.84. The van der Waals surface area contributed by atoms with Crippen molar-refractivity contribution in [3.63, 3.8) is 0 Å². The highest BCUT2D eigenvalue weighted by molar-refractivity contribution is 5.80. The van der Waals surface area contributed by atoms with Crippen LogP contribution in [0.1, 0.15) is 26.7 Å². The summed E-state index contributed by atoms with van der Waals surface area (Å²) < 4.78 is 4.53. The molecule has 0 aromatic heterocycles. The molecule has 1 atom stereocenters. The summed E-state index contributed by atoms with van der Waals surface area (Å²) in [6.07, 6.45) is 7.85. The van der Waals surface area contributed by atoms with Gasteiger partial charge in [-0.05, 0) is 18.4 Å². The van der Waals surface area contributed by atoms with Gasteiger partial charge in [0.25, 0.3) is 0 Å². The maximum absolute atomic E-state index is 11.0. The van der Waals surface area contributed by atoms with Crippen LogP contribution in [0.4, 0.5) is 0 Å². The molecule has 1 aliphatic rings. The molecule has 1 aliphatic carbocycles. The number of hydrogen-bond donors (Lipinski definition) is 1. The quantitative estimate of drug-likeness (QED) is 0.687. The Balaban J connectivity index is 0.000000791. The molecule has 1 rings (SSSR count). The minimum Gasteiger partial charge on any atom is -0.468 e. The number of esters is 1. The van der Waals surface area contributed by atoms with Crippen molar-refractivity contribution < 1.29 is 9.53 Å². The molecule has 2 N–H and O–H groups in total. The Morgan fingerprint density at radius 2 is 2.14 bits per heavy atom. The van der Waals surface area contributed by atoms with E-state index in [1.165, 1.54) is 7.11 Å². The minimum atomic E-state index is -0.619. The Morgan fingerprint density at radius 3 is 2.57 bits per heavy atom. The zero-order valence-electron chi connectivity index (χ0n) is 9.12. The van der Waals surface area contributed by atoms with Gasteiger partial charge in [-0.15, -0.1) is 0 Å². The maximum Gasteiger partial charge on any atom is 0.327 e. The first-order valence-corrected chi connectivity index (χ1v) is 4.95. The fraction of sp³-hybridized carbons (Fsp3) is 0.545. The van der Waals surface area contributed by atoms with Gasteiger partial charge in [-0.25, -0.2) is 0 Å². The lowest BCUT2D eigenvalue weighted by Crippen LogP contribution is -2.33. The molecule has 0 fully saturated rings. The van der Waals surface area contributed by atoms with Gasteiger partial charge in [0.15, 0.2) is 0 Å². The van der Waals surface area contributed by atoms with Crippen molar-refractivity contribution in [3.8, 4) is 0 Å². The average Bonchev–Trinajstić information content (AvgIpc) is 2.31. The molecule has 80 valence electrons. The lowest BCUT2D eigenvalue weighted by Gasteiger charge is -2.12. The Kier molecular flexibility index (Phi) is 6.76. The molecule has 0 aliphatic heterocycles. The van der Waals surface area contributed by atoms with Gasteiger partial charge in [0.05, 0.1) is 7.11 Å². The summed E-state index contributed by atoms with van der Waals surface area (Å²) in [7, 11) is 1.34. The highest BCUT2D eigenvalue weighted by Gasteiger charge is 2.17. The monoisotopic (exact) mass is 197 g/mol. The van der Waals surface area contributed by atoms with Crippen molar-refractivity contribution in [2.24, 2.45) is 5.73 Å². The fourth-order valence-electron chi connectivity index (χ4n) is 1.13. The second kappa shape index (κ2) is 7.33. The van der Waals surface area contributed by atoms with Crippen LogP contribution in [0.25, 0.3) is 0 Å². The Bertz CT molecular complexity index is 231. The molecule has 0 spiro atoms. The molecule has 1 unspecified atom stereocenters. The van der Waals surface area contributed by atoms with Gasteiger partial charge in [-0.3, -0.25) is 4.79 Å². The van der Waals surface area contributed by atoms with Crippen LogP contribution in [0.5, 0.6) is 0 Å². The smallest absolute Gasteiger partial charge is 0.327 e. The standard InChI is InChI=1S/C9H13NO2.C2H6/c1-12-9(11)8(10)7-5-3-2-4-6-7;1-2/h3,5-6,8H,2,4,10H2,1H3;1-2H3. The predicted molar refractivity (Wildman–Crippen MR) is 57.8 cm³/mol. The number of nitrogens with two attached hydrogens (primary N) is 1. The van der Waals surface area contributed by atoms with Gasteiger partial charge < -0.3 is 10.5 Å². The molecule has 0 radical (unpaired) electrons. The zero-order valence-corrected chi connectivity index (χ0v) is 9.12. The van der Waals surface area contributed by atoms with E-state index in [4.69, 9.17) is 5.73 Å². The minimum absolute atomic E-state index is 0.382. The van der Waals surface area contributed by atoms with Crippen LogP contribution in [0.15, 0.2) is 23.8 Å². The first-order valence-electron chi connectivity index (χ1n) is 4.95. The molecule has 0 aromatic rings. The van der Waals surface area contributed by atoms with Crippen LogP contribution in [0.3, 0.4) is 0 Å². The van der Waals surface area contributed by atoms with Crippen LogP contribution >= 0.6 is 0 Å². The molecule has 0 bridgehead atoms. The Hall–Kier alpha value is -1.09. The zero-order chi connectivity index (χ0) is 11.0. The number of methoxy groups -OCH3 is 1.